The van der Waals surface area contributed by atoms with E-state index in [4.69, 9.17) is 0 Å². The third kappa shape index (κ3) is 3.78. The van der Waals surface area contributed by atoms with Gasteiger partial charge in [-0.15, -0.1) is 11.3 Å². The van der Waals surface area contributed by atoms with Crippen molar-refractivity contribution in [1.29, 1.82) is 0 Å². The van der Waals surface area contributed by atoms with Gasteiger partial charge >= 0.3 is 6.03 Å². The van der Waals surface area contributed by atoms with Gasteiger partial charge in [-0.25, -0.2) is 4.79 Å². The molecule has 0 radical (unpaired) electrons. The van der Waals surface area contributed by atoms with E-state index in [1.807, 2.05) is 22.4 Å². The van der Waals surface area contributed by atoms with Crippen LogP contribution in [0.15, 0.2) is 23.7 Å². The molecular weight excluding hydrogens is 346 g/mol. The van der Waals surface area contributed by atoms with Crippen LogP contribution in [0.4, 0.5) is 4.79 Å². The number of hydrogen-bond acceptors (Lipinski definition) is 4. The van der Waals surface area contributed by atoms with Crippen molar-refractivity contribution in [2.45, 2.75) is 45.3 Å². The number of hydrogen-bond donors (Lipinski definition) is 1. The molecule has 1 saturated heterocycles. The summed E-state index contributed by atoms with van der Waals surface area (Å²) in [5.74, 6) is 0. The van der Waals surface area contributed by atoms with Gasteiger partial charge in [0.2, 0.25) is 0 Å². The summed E-state index contributed by atoms with van der Waals surface area (Å²) in [6, 6.07) is 4.71. The van der Waals surface area contributed by atoms with E-state index in [-0.39, 0.29) is 6.03 Å². The van der Waals surface area contributed by atoms with E-state index in [2.05, 4.69) is 44.4 Å². The lowest BCUT2D eigenvalue weighted by Crippen LogP contribution is -2.41. The molecule has 2 aromatic rings. The first-order valence-electron chi connectivity index (χ1n) is 9.51. The number of carbonyl (C=O) groups is 1. The molecule has 4 heterocycles. The quantitative estimate of drug-likeness (QED) is 0.877. The number of amides is 2. The maximum atomic E-state index is 12.2. The molecule has 2 amide bonds. The van der Waals surface area contributed by atoms with Crippen LogP contribution in [-0.2, 0) is 13.1 Å². The average molecular weight is 374 g/mol. The molecule has 2 aliphatic rings. The van der Waals surface area contributed by atoms with Crippen LogP contribution in [0.25, 0.3) is 0 Å². The molecule has 1 N–H and O–H groups in total. The summed E-state index contributed by atoms with van der Waals surface area (Å²) in [5, 5.41) is 9.80. The van der Waals surface area contributed by atoms with Gasteiger partial charge in [-0.05, 0) is 49.3 Å². The van der Waals surface area contributed by atoms with Crippen molar-refractivity contribution < 1.29 is 4.79 Å². The molecule has 0 aromatic carbocycles. The molecule has 0 saturated carbocycles. The van der Waals surface area contributed by atoms with Crippen LogP contribution >= 0.6 is 11.3 Å². The molecular formula is C19H27N5OS. The van der Waals surface area contributed by atoms with Crippen molar-refractivity contribution in [1.82, 2.24) is 24.9 Å². The number of carbonyl (C=O) groups excluding carboxylic acids is 1. The molecule has 0 aliphatic carbocycles. The average Bonchev–Trinajstić information content (AvgIpc) is 3.37. The fourth-order valence-electron chi connectivity index (χ4n) is 3.95. The van der Waals surface area contributed by atoms with Crippen molar-refractivity contribution in [3.8, 4) is 0 Å². The monoisotopic (exact) mass is 373 g/mol. The third-order valence-electron chi connectivity index (χ3n) is 5.44. The number of thiophene rings is 1. The predicted molar refractivity (Wildman–Crippen MR) is 103 cm³/mol. The van der Waals surface area contributed by atoms with Gasteiger partial charge in [-0.1, -0.05) is 0 Å². The van der Waals surface area contributed by atoms with E-state index in [0.29, 0.717) is 12.6 Å². The van der Waals surface area contributed by atoms with Crippen LogP contribution in [0.1, 0.15) is 41.4 Å². The maximum absolute atomic E-state index is 12.2. The standard InChI is InChI=1S/C19H27N5OS/c1-15-6-11-26-18(15)14-22-12-16(24-17(13-22)5-8-21-24)4-7-20-19(25)23-9-2-3-10-23/h5-6,8,11,16H,2-4,7,9-10,12-14H2,1H3,(H,20,25)/t16-/m1/s1. The number of aryl methyl sites for hydroxylation is 1. The summed E-state index contributed by atoms with van der Waals surface area (Å²) < 4.78 is 2.15. The minimum Gasteiger partial charge on any atom is -0.338 e. The highest BCUT2D eigenvalue weighted by atomic mass is 32.1. The number of urea groups is 1. The van der Waals surface area contributed by atoms with E-state index in [0.717, 1.165) is 52.0 Å². The Balaban J connectivity index is 1.35. The Kier molecular flexibility index (Phi) is 5.26. The lowest BCUT2D eigenvalue weighted by atomic mass is 10.1. The van der Waals surface area contributed by atoms with Crippen molar-refractivity contribution in [2.24, 2.45) is 0 Å². The summed E-state index contributed by atoms with van der Waals surface area (Å²) in [4.78, 5) is 18.0. The Bertz CT molecular complexity index is 749. The van der Waals surface area contributed by atoms with E-state index in [1.165, 1.54) is 16.1 Å². The van der Waals surface area contributed by atoms with Gasteiger partial charge in [0.1, 0.15) is 0 Å². The van der Waals surface area contributed by atoms with Crippen LogP contribution in [0.2, 0.25) is 0 Å². The number of rotatable bonds is 5. The smallest absolute Gasteiger partial charge is 0.317 e. The van der Waals surface area contributed by atoms with Crippen molar-refractivity contribution in [3.05, 3.63) is 39.8 Å². The Morgan fingerprint density at radius 2 is 2.19 bits per heavy atom. The van der Waals surface area contributed by atoms with Crippen LogP contribution < -0.4 is 5.32 Å². The van der Waals surface area contributed by atoms with Gasteiger partial charge < -0.3 is 10.2 Å². The number of nitrogens with zero attached hydrogens (tertiary/aromatic N) is 4. The molecule has 7 heteroatoms. The summed E-state index contributed by atoms with van der Waals surface area (Å²) >= 11 is 1.84. The summed E-state index contributed by atoms with van der Waals surface area (Å²) in [6.45, 7) is 7.58. The van der Waals surface area contributed by atoms with Crippen LogP contribution in [-0.4, -0.2) is 51.8 Å². The Labute approximate surface area is 158 Å². The Hall–Kier alpha value is -1.86. The number of nitrogens with one attached hydrogen (secondary N) is 1. The zero-order valence-corrected chi connectivity index (χ0v) is 16.2. The molecule has 0 spiro atoms. The van der Waals surface area contributed by atoms with Gasteiger partial charge in [0.15, 0.2) is 0 Å². The summed E-state index contributed by atoms with van der Waals surface area (Å²) in [7, 11) is 0. The van der Waals surface area contributed by atoms with Crippen molar-refractivity contribution >= 4 is 17.4 Å². The van der Waals surface area contributed by atoms with E-state index in [9.17, 15) is 4.79 Å². The van der Waals surface area contributed by atoms with Crippen LogP contribution in [0.3, 0.4) is 0 Å². The Morgan fingerprint density at radius 1 is 1.35 bits per heavy atom. The first-order chi connectivity index (χ1) is 12.7. The fraction of sp³-hybridized carbons (Fsp3) is 0.579. The van der Waals surface area contributed by atoms with Gasteiger partial charge in [0.25, 0.3) is 0 Å². The highest BCUT2D eigenvalue weighted by molar-refractivity contribution is 7.10. The Morgan fingerprint density at radius 3 is 2.96 bits per heavy atom. The van der Waals surface area contributed by atoms with E-state index in [1.54, 1.807) is 0 Å². The minimum atomic E-state index is 0.0880. The summed E-state index contributed by atoms with van der Waals surface area (Å²) in [6.07, 6.45) is 5.06. The van der Waals surface area contributed by atoms with Gasteiger partial charge in [0, 0.05) is 50.3 Å². The highest BCUT2D eigenvalue weighted by Crippen LogP contribution is 2.26. The molecule has 4 rings (SSSR count). The molecule has 1 fully saturated rings. The molecule has 0 unspecified atom stereocenters. The van der Waals surface area contributed by atoms with E-state index < -0.39 is 0 Å². The maximum Gasteiger partial charge on any atom is 0.317 e. The number of fused-ring (bicyclic) bond motifs is 1. The third-order valence-corrected chi connectivity index (χ3v) is 6.44. The molecule has 1 atom stereocenters. The van der Waals surface area contributed by atoms with Gasteiger partial charge in [0.05, 0.1) is 11.7 Å². The lowest BCUT2D eigenvalue weighted by molar-refractivity contribution is 0.161. The molecule has 0 bridgehead atoms. The first-order valence-corrected chi connectivity index (χ1v) is 10.4. The highest BCUT2D eigenvalue weighted by Gasteiger charge is 2.26. The summed E-state index contributed by atoms with van der Waals surface area (Å²) in [5.41, 5.74) is 2.64. The SMILES string of the molecule is Cc1ccsc1CN1Cc2ccnn2[C@H](CCNC(=O)N2CCCC2)C1. The molecule has 26 heavy (non-hydrogen) atoms. The van der Waals surface area contributed by atoms with Crippen LogP contribution in [0, 0.1) is 6.92 Å². The van der Waals surface area contributed by atoms with Gasteiger partial charge in [-0.3, -0.25) is 9.58 Å². The van der Waals surface area contributed by atoms with Crippen molar-refractivity contribution in [3.63, 3.8) is 0 Å². The number of likely N-dealkylation sites (tertiary alicyclic amines) is 1. The fourth-order valence-corrected chi connectivity index (χ4v) is 4.89. The van der Waals surface area contributed by atoms with Crippen molar-refractivity contribution in [2.75, 3.05) is 26.2 Å². The zero-order valence-electron chi connectivity index (χ0n) is 15.4. The topological polar surface area (TPSA) is 53.4 Å². The molecule has 6 nitrogen and oxygen atoms in total. The molecule has 140 valence electrons. The molecule has 2 aromatic heterocycles. The first kappa shape index (κ1) is 17.5. The minimum absolute atomic E-state index is 0.0880. The van der Waals surface area contributed by atoms with Gasteiger partial charge in [-0.2, -0.15) is 5.10 Å². The zero-order chi connectivity index (χ0) is 17.9. The predicted octanol–water partition coefficient (Wildman–Crippen LogP) is 3.01. The normalized spacial score (nSPS) is 20.3. The van der Waals surface area contributed by atoms with E-state index >= 15 is 0 Å². The molecule has 2 aliphatic heterocycles. The number of aromatic nitrogens is 2. The largest absolute Gasteiger partial charge is 0.338 e. The second-order valence-corrected chi connectivity index (χ2v) is 8.33. The van der Waals surface area contributed by atoms with Crippen LogP contribution in [0.5, 0.6) is 0 Å². The lowest BCUT2D eigenvalue weighted by Gasteiger charge is -2.34. The second kappa shape index (κ2) is 7.80. The second-order valence-electron chi connectivity index (χ2n) is 7.33.